The number of aldehydes is 1. The van der Waals surface area contributed by atoms with Crippen molar-refractivity contribution in [2.75, 3.05) is 21.3 Å². The highest BCUT2D eigenvalue weighted by Crippen LogP contribution is 2.38. The molecule has 31 heavy (non-hydrogen) atoms. The predicted octanol–water partition coefficient (Wildman–Crippen LogP) is 5.24. The number of carbonyl (C=O) groups excluding carboxylic acids is 1. The Bertz CT molecular complexity index is 685. The molecule has 0 heterocycles. The van der Waals surface area contributed by atoms with E-state index in [1.807, 2.05) is 18.2 Å². The van der Waals surface area contributed by atoms with Crippen LogP contribution in [0.15, 0.2) is 18.2 Å². The van der Waals surface area contributed by atoms with Crippen LogP contribution in [-0.2, 0) is 25.3 Å². The van der Waals surface area contributed by atoms with Gasteiger partial charge in [-0.3, -0.25) is 0 Å². The minimum atomic E-state index is -2.13. The molecule has 0 aliphatic carbocycles. The van der Waals surface area contributed by atoms with Crippen LogP contribution >= 0.6 is 0 Å². The Morgan fingerprint density at radius 1 is 1.06 bits per heavy atom. The minimum Gasteiger partial charge on any atom is -0.493 e. The lowest BCUT2D eigenvalue weighted by atomic mass is 9.92. The summed E-state index contributed by atoms with van der Waals surface area (Å²) in [4.78, 5) is 12.0. The first-order valence-electron chi connectivity index (χ1n) is 10.9. The molecule has 0 fully saturated rings. The first-order chi connectivity index (χ1) is 14.4. The molecule has 7 heteroatoms. The van der Waals surface area contributed by atoms with E-state index in [1.165, 1.54) is 0 Å². The molecule has 1 aromatic rings. The topological polar surface area (TPSA) is 63.2 Å². The van der Waals surface area contributed by atoms with Crippen molar-refractivity contribution >= 4 is 14.6 Å². The van der Waals surface area contributed by atoms with Gasteiger partial charge in [0.15, 0.2) is 19.8 Å². The summed E-state index contributed by atoms with van der Waals surface area (Å²) in [5.74, 6) is 1.32. The van der Waals surface area contributed by atoms with Crippen molar-refractivity contribution in [1.82, 2.24) is 0 Å². The average molecular weight is 455 g/mol. The second-order valence-corrected chi connectivity index (χ2v) is 14.2. The van der Waals surface area contributed by atoms with Crippen molar-refractivity contribution in [3.8, 4) is 11.5 Å². The Labute approximate surface area is 189 Å². The van der Waals surface area contributed by atoms with Crippen LogP contribution < -0.4 is 9.47 Å². The van der Waals surface area contributed by atoms with Gasteiger partial charge in [-0.15, -0.1) is 0 Å². The van der Waals surface area contributed by atoms with E-state index in [-0.39, 0.29) is 23.2 Å². The summed E-state index contributed by atoms with van der Waals surface area (Å²) in [5, 5.41) is 0.00384. The standard InChI is InChI=1S/C24H42O6Si/c1-11-19(29-16-18-12-13-20(26-6)21(14-18)27-7)17(2)23(28-8)22(15-25)30-31(9,10)24(3,4)5/h12-15,17,19,22-23H,11,16H2,1-10H3/t17-,19-,22+,23+/m1/s1. The molecule has 0 N–H and O–H groups in total. The highest BCUT2D eigenvalue weighted by molar-refractivity contribution is 6.74. The highest BCUT2D eigenvalue weighted by Gasteiger charge is 2.42. The van der Waals surface area contributed by atoms with Crippen LogP contribution in [0.1, 0.15) is 46.6 Å². The van der Waals surface area contributed by atoms with Gasteiger partial charge in [0.05, 0.1) is 33.0 Å². The number of ether oxygens (including phenoxy) is 4. The Kier molecular flexibility index (Phi) is 10.7. The van der Waals surface area contributed by atoms with Gasteiger partial charge in [-0.25, -0.2) is 0 Å². The number of carbonyl (C=O) groups is 1. The fourth-order valence-corrected chi connectivity index (χ4v) is 4.59. The average Bonchev–Trinajstić information content (AvgIpc) is 2.72. The summed E-state index contributed by atoms with van der Waals surface area (Å²) in [6.45, 7) is 15.3. The lowest BCUT2D eigenvalue weighted by Gasteiger charge is -2.41. The molecule has 0 saturated heterocycles. The van der Waals surface area contributed by atoms with Gasteiger partial charge in [0.1, 0.15) is 12.4 Å². The molecule has 0 aliphatic rings. The molecule has 0 bridgehead atoms. The van der Waals surface area contributed by atoms with Crippen LogP contribution in [0.3, 0.4) is 0 Å². The van der Waals surface area contributed by atoms with Crippen molar-refractivity contribution in [2.45, 2.75) is 84.1 Å². The zero-order valence-corrected chi connectivity index (χ0v) is 22.0. The number of hydrogen-bond donors (Lipinski definition) is 0. The SMILES string of the molecule is CC[C@@H](OCc1ccc(OC)c(OC)c1)[C@@H](C)[C@H](OC)[C@H](C=O)O[Si](C)(C)C(C)(C)C. The monoisotopic (exact) mass is 454 g/mol. The molecule has 1 aromatic carbocycles. The second-order valence-electron chi connectivity index (χ2n) is 9.49. The molecular weight excluding hydrogens is 412 g/mol. The maximum Gasteiger partial charge on any atom is 0.193 e. The van der Waals surface area contributed by atoms with Crippen molar-refractivity contribution in [3.05, 3.63) is 23.8 Å². The van der Waals surface area contributed by atoms with E-state index in [4.69, 9.17) is 23.4 Å². The van der Waals surface area contributed by atoms with Crippen LogP contribution in [0.4, 0.5) is 0 Å². The highest BCUT2D eigenvalue weighted by atomic mass is 28.4. The number of hydrogen-bond acceptors (Lipinski definition) is 6. The van der Waals surface area contributed by atoms with Crippen molar-refractivity contribution in [1.29, 1.82) is 0 Å². The normalized spacial score (nSPS) is 16.3. The molecule has 0 unspecified atom stereocenters. The molecule has 6 nitrogen and oxygen atoms in total. The molecule has 4 atom stereocenters. The smallest absolute Gasteiger partial charge is 0.193 e. The van der Waals surface area contributed by atoms with E-state index >= 15 is 0 Å². The van der Waals surface area contributed by atoms with Gasteiger partial charge in [0, 0.05) is 13.0 Å². The Morgan fingerprint density at radius 2 is 1.68 bits per heavy atom. The predicted molar refractivity (Wildman–Crippen MR) is 127 cm³/mol. The van der Waals surface area contributed by atoms with Crippen LogP contribution in [0.5, 0.6) is 11.5 Å². The van der Waals surface area contributed by atoms with Gasteiger partial charge < -0.3 is 28.2 Å². The Morgan fingerprint density at radius 3 is 2.13 bits per heavy atom. The maximum atomic E-state index is 12.0. The third-order valence-electron chi connectivity index (χ3n) is 6.39. The summed E-state index contributed by atoms with van der Waals surface area (Å²) < 4.78 is 29.1. The summed E-state index contributed by atoms with van der Waals surface area (Å²) >= 11 is 0. The fraction of sp³-hybridized carbons (Fsp3) is 0.708. The molecule has 1 rings (SSSR count). The van der Waals surface area contributed by atoms with E-state index in [2.05, 4.69) is 47.7 Å². The van der Waals surface area contributed by atoms with Crippen LogP contribution in [0, 0.1) is 5.92 Å². The second kappa shape index (κ2) is 12.0. The van der Waals surface area contributed by atoms with E-state index < -0.39 is 14.4 Å². The summed E-state index contributed by atoms with van der Waals surface area (Å²) in [6.07, 6.45) is 0.566. The molecule has 0 radical (unpaired) electrons. The van der Waals surface area contributed by atoms with E-state index in [0.29, 0.717) is 18.1 Å². The summed E-state index contributed by atoms with van der Waals surface area (Å²) in [5.41, 5.74) is 0.988. The third kappa shape index (κ3) is 7.31. The zero-order valence-electron chi connectivity index (χ0n) is 21.0. The van der Waals surface area contributed by atoms with E-state index in [1.54, 1.807) is 21.3 Å². The number of rotatable bonds is 13. The molecule has 178 valence electrons. The lowest BCUT2D eigenvalue weighted by Crippen LogP contribution is -2.51. The number of benzene rings is 1. The van der Waals surface area contributed by atoms with E-state index in [9.17, 15) is 4.79 Å². The van der Waals surface area contributed by atoms with Gasteiger partial charge in [0.2, 0.25) is 0 Å². The minimum absolute atomic E-state index is 0.00384. The van der Waals surface area contributed by atoms with Crippen molar-refractivity contribution in [2.24, 2.45) is 5.92 Å². The molecular formula is C24H42O6Si. The van der Waals surface area contributed by atoms with Crippen LogP contribution in [0.2, 0.25) is 18.1 Å². The van der Waals surface area contributed by atoms with Gasteiger partial charge in [-0.1, -0.05) is 40.7 Å². The maximum absolute atomic E-state index is 12.0. The third-order valence-corrected chi connectivity index (χ3v) is 10.9. The molecule has 0 aliphatic heterocycles. The lowest BCUT2D eigenvalue weighted by molar-refractivity contribution is -0.129. The largest absolute Gasteiger partial charge is 0.493 e. The molecule has 0 spiro atoms. The zero-order chi connectivity index (χ0) is 23.8. The van der Waals surface area contributed by atoms with Crippen molar-refractivity contribution < 1.29 is 28.2 Å². The summed E-state index contributed by atoms with van der Waals surface area (Å²) in [6, 6.07) is 5.75. The van der Waals surface area contributed by atoms with Crippen LogP contribution in [-0.4, -0.2) is 54.2 Å². The van der Waals surface area contributed by atoms with E-state index in [0.717, 1.165) is 18.3 Å². The fourth-order valence-electron chi connectivity index (χ4n) is 3.36. The first kappa shape index (κ1) is 27.6. The quantitative estimate of drug-likeness (QED) is 0.300. The number of methoxy groups -OCH3 is 3. The van der Waals surface area contributed by atoms with Gasteiger partial charge in [-0.2, -0.15) is 0 Å². The van der Waals surface area contributed by atoms with Crippen LogP contribution in [0.25, 0.3) is 0 Å². The van der Waals surface area contributed by atoms with Gasteiger partial charge in [0.25, 0.3) is 0 Å². The molecule has 0 aromatic heterocycles. The van der Waals surface area contributed by atoms with Crippen molar-refractivity contribution in [3.63, 3.8) is 0 Å². The van der Waals surface area contributed by atoms with Gasteiger partial charge in [-0.05, 0) is 42.2 Å². The first-order valence-corrected chi connectivity index (χ1v) is 13.8. The van der Waals surface area contributed by atoms with Gasteiger partial charge >= 0.3 is 0 Å². The Hall–Kier alpha value is -1.41. The summed E-state index contributed by atoms with van der Waals surface area (Å²) in [7, 11) is 2.73. The Balaban J connectivity index is 2.94. The molecule has 0 amide bonds. The molecule has 0 saturated carbocycles.